The highest BCUT2D eigenvalue weighted by atomic mass is 16.5. The number of benzene rings is 1. The molecule has 3 aliphatic rings. The molecule has 5 atom stereocenters. The zero-order valence-electron chi connectivity index (χ0n) is 15.7. The molecule has 4 heteroatoms. The molecule has 0 heterocycles. The molecule has 3 saturated carbocycles. The molecule has 4 nitrogen and oxygen atoms in total. The van der Waals surface area contributed by atoms with Gasteiger partial charge in [0, 0.05) is 11.8 Å². The summed E-state index contributed by atoms with van der Waals surface area (Å²) in [6.45, 7) is 6.22. The predicted molar refractivity (Wildman–Crippen MR) is 96.4 cm³/mol. The number of carbonyl (C=O) groups is 1. The lowest BCUT2D eigenvalue weighted by atomic mass is 9.45. The summed E-state index contributed by atoms with van der Waals surface area (Å²) in [7, 11) is 1.67. The lowest BCUT2D eigenvalue weighted by molar-refractivity contribution is -0.199. The number of carbonyl (C=O) groups excluding carboxylic acids is 1. The van der Waals surface area contributed by atoms with Gasteiger partial charge in [-0.05, 0) is 55.2 Å². The van der Waals surface area contributed by atoms with Gasteiger partial charge in [-0.15, -0.1) is 0 Å². The van der Waals surface area contributed by atoms with Crippen molar-refractivity contribution in [2.45, 2.75) is 58.7 Å². The molecular weight excluding hydrogens is 316 g/mol. The fourth-order valence-electron chi connectivity index (χ4n) is 4.73. The minimum absolute atomic E-state index is 0.0478. The predicted octanol–water partition coefficient (Wildman–Crippen LogP) is 3.60. The quantitative estimate of drug-likeness (QED) is 0.800. The highest BCUT2D eigenvalue weighted by Gasteiger charge is 2.59. The molecule has 0 amide bonds. The molecule has 1 aromatic carbocycles. The second kappa shape index (κ2) is 6.99. The van der Waals surface area contributed by atoms with Crippen LogP contribution in [0.3, 0.4) is 0 Å². The van der Waals surface area contributed by atoms with Crippen LogP contribution >= 0.6 is 0 Å². The van der Waals surface area contributed by atoms with Crippen molar-refractivity contribution < 1.29 is 19.4 Å². The summed E-state index contributed by atoms with van der Waals surface area (Å²) in [5.74, 6) is 2.07. The second-order valence-electron chi connectivity index (χ2n) is 8.42. The van der Waals surface area contributed by atoms with Crippen LogP contribution in [0, 0.1) is 23.2 Å². The van der Waals surface area contributed by atoms with Crippen LogP contribution < -0.4 is 4.74 Å². The average Bonchev–Trinajstić information content (AvgIpc) is 2.55. The van der Waals surface area contributed by atoms with Crippen molar-refractivity contribution in [1.82, 2.24) is 0 Å². The zero-order valence-corrected chi connectivity index (χ0v) is 15.7. The molecule has 25 heavy (non-hydrogen) atoms. The van der Waals surface area contributed by atoms with Crippen LogP contribution in [-0.4, -0.2) is 30.4 Å². The SMILES string of the molecule is COc1ccc(C[C@@H]2C[C@H]3C[C@@H]([C@@H]2OC(=O)CC(C)O)C3(C)C)cc1. The normalized spacial score (nSPS) is 30.9. The first-order valence-corrected chi connectivity index (χ1v) is 9.31. The van der Waals surface area contributed by atoms with Crippen LogP contribution in [0.4, 0.5) is 0 Å². The van der Waals surface area contributed by atoms with E-state index in [2.05, 4.69) is 26.0 Å². The van der Waals surface area contributed by atoms with Crippen molar-refractivity contribution in [3.63, 3.8) is 0 Å². The average molecular weight is 346 g/mol. The molecular formula is C21H30O4. The van der Waals surface area contributed by atoms with E-state index in [-0.39, 0.29) is 23.9 Å². The number of hydrogen-bond acceptors (Lipinski definition) is 4. The third kappa shape index (κ3) is 3.69. The number of ether oxygens (including phenoxy) is 2. The molecule has 4 rings (SSSR count). The van der Waals surface area contributed by atoms with Gasteiger partial charge in [-0.1, -0.05) is 26.0 Å². The number of aliphatic hydroxyl groups is 1. The lowest BCUT2D eigenvalue weighted by Gasteiger charge is -2.61. The Morgan fingerprint density at radius 2 is 1.96 bits per heavy atom. The first kappa shape index (κ1) is 18.2. The Kier molecular flexibility index (Phi) is 5.10. The Balaban J connectivity index is 1.72. The highest BCUT2D eigenvalue weighted by Crippen LogP contribution is 2.61. The number of hydrogen-bond donors (Lipinski definition) is 1. The number of aliphatic hydroxyl groups excluding tert-OH is 1. The van der Waals surface area contributed by atoms with E-state index in [1.54, 1.807) is 14.0 Å². The Bertz CT molecular complexity index is 605. The summed E-state index contributed by atoms with van der Waals surface area (Å²) in [5, 5.41) is 9.47. The summed E-state index contributed by atoms with van der Waals surface area (Å²) in [6.07, 6.45) is 2.54. The maximum atomic E-state index is 12.2. The fourth-order valence-corrected chi connectivity index (χ4v) is 4.73. The summed E-state index contributed by atoms with van der Waals surface area (Å²) in [5.41, 5.74) is 1.49. The zero-order chi connectivity index (χ0) is 18.2. The van der Waals surface area contributed by atoms with Gasteiger partial charge in [0.1, 0.15) is 11.9 Å². The van der Waals surface area contributed by atoms with Crippen LogP contribution in [0.25, 0.3) is 0 Å². The monoisotopic (exact) mass is 346 g/mol. The Morgan fingerprint density at radius 1 is 1.28 bits per heavy atom. The van der Waals surface area contributed by atoms with Gasteiger partial charge < -0.3 is 14.6 Å². The number of esters is 1. The maximum absolute atomic E-state index is 12.2. The van der Waals surface area contributed by atoms with Crippen molar-refractivity contribution in [2.24, 2.45) is 23.2 Å². The topological polar surface area (TPSA) is 55.8 Å². The summed E-state index contributed by atoms with van der Waals surface area (Å²) in [4.78, 5) is 12.2. The fraction of sp³-hybridized carbons (Fsp3) is 0.667. The van der Waals surface area contributed by atoms with Gasteiger partial charge in [-0.25, -0.2) is 0 Å². The Hall–Kier alpha value is -1.55. The largest absolute Gasteiger partial charge is 0.497 e. The minimum Gasteiger partial charge on any atom is -0.497 e. The summed E-state index contributed by atoms with van der Waals surface area (Å²) in [6, 6.07) is 8.16. The first-order chi connectivity index (χ1) is 11.8. The van der Waals surface area contributed by atoms with Crippen molar-refractivity contribution in [3.8, 4) is 5.75 Å². The third-order valence-electron chi connectivity index (χ3n) is 6.38. The standard InChI is InChI=1S/C21H30O4/c1-13(22)9-19(23)25-20-15(11-16-12-18(20)21(16,2)3)10-14-5-7-17(24-4)8-6-14/h5-8,13,15-16,18,20,22H,9-12H2,1-4H3/t13?,15-,16+,18+,20-/m1/s1. The molecule has 138 valence electrons. The van der Waals surface area contributed by atoms with Gasteiger partial charge in [0.05, 0.1) is 19.6 Å². The van der Waals surface area contributed by atoms with E-state index in [1.165, 1.54) is 5.56 Å². The minimum atomic E-state index is -0.654. The summed E-state index contributed by atoms with van der Waals surface area (Å²) < 4.78 is 11.1. The molecule has 3 aliphatic carbocycles. The molecule has 0 radical (unpaired) electrons. The lowest BCUT2D eigenvalue weighted by Crippen LogP contribution is -2.59. The third-order valence-corrected chi connectivity index (χ3v) is 6.38. The van der Waals surface area contributed by atoms with E-state index in [9.17, 15) is 9.90 Å². The van der Waals surface area contributed by atoms with Gasteiger partial charge in [0.15, 0.2) is 0 Å². The molecule has 0 aromatic heterocycles. The number of methoxy groups -OCH3 is 1. The molecule has 3 fully saturated rings. The summed E-state index contributed by atoms with van der Waals surface area (Å²) >= 11 is 0. The molecule has 1 unspecified atom stereocenters. The van der Waals surface area contributed by atoms with Crippen LogP contribution in [0.2, 0.25) is 0 Å². The molecule has 0 saturated heterocycles. The van der Waals surface area contributed by atoms with E-state index in [0.29, 0.717) is 17.8 Å². The van der Waals surface area contributed by atoms with Crippen LogP contribution in [0.1, 0.15) is 45.6 Å². The molecule has 0 spiro atoms. The van der Waals surface area contributed by atoms with Crippen molar-refractivity contribution in [3.05, 3.63) is 29.8 Å². The highest BCUT2D eigenvalue weighted by molar-refractivity contribution is 5.70. The van der Waals surface area contributed by atoms with E-state index < -0.39 is 6.10 Å². The molecule has 1 N–H and O–H groups in total. The first-order valence-electron chi connectivity index (χ1n) is 9.31. The van der Waals surface area contributed by atoms with Gasteiger partial charge in [-0.3, -0.25) is 4.79 Å². The van der Waals surface area contributed by atoms with Crippen molar-refractivity contribution >= 4 is 5.97 Å². The van der Waals surface area contributed by atoms with E-state index in [1.807, 2.05) is 12.1 Å². The molecule has 2 bridgehead atoms. The van der Waals surface area contributed by atoms with Crippen LogP contribution in [0.5, 0.6) is 5.75 Å². The van der Waals surface area contributed by atoms with Gasteiger partial charge in [0.25, 0.3) is 0 Å². The number of fused-ring (bicyclic) bond motifs is 2. The van der Waals surface area contributed by atoms with Crippen molar-refractivity contribution in [1.29, 1.82) is 0 Å². The molecule has 0 aliphatic heterocycles. The second-order valence-corrected chi connectivity index (χ2v) is 8.42. The smallest absolute Gasteiger partial charge is 0.308 e. The van der Waals surface area contributed by atoms with E-state index >= 15 is 0 Å². The maximum Gasteiger partial charge on any atom is 0.308 e. The van der Waals surface area contributed by atoms with Gasteiger partial charge >= 0.3 is 5.97 Å². The van der Waals surface area contributed by atoms with E-state index in [4.69, 9.17) is 9.47 Å². The Morgan fingerprint density at radius 3 is 2.52 bits per heavy atom. The van der Waals surface area contributed by atoms with Crippen LogP contribution in [-0.2, 0) is 16.0 Å². The van der Waals surface area contributed by atoms with E-state index in [0.717, 1.165) is 25.0 Å². The Labute approximate surface area is 150 Å². The van der Waals surface area contributed by atoms with Crippen molar-refractivity contribution in [2.75, 3.05) is 7.11 Å². The van der Waals surface area contributed by atoms with Gasteiger partial charge in [-0.2, -0.15) is 0 Å². The molecule has 1 aromatic rings. The van der Waals surface area contributed by atoms with Gasteiger partial charge in [0.2, 0.25) is 0 Å². The van der Waals surface area contributed by atoms with Crippen LogP contribution in [0.15, 0.2) is 24.3 Å². The number of rotatable bonds is 6.